The van der Waals surface area contributed by atoms with Gasteiger partial charge in [0.1, 0.15) is 0 Å². The van der Waals surface area contributed by atoms with Gasteiger partial charge < -0.3 is 20.3 Å². The molecular formula is C16H33IN4O. The lowest BCUT2D eigenvalue weighted by Crippen LogP contribution is -2.47. The average Bonchev–Trinajstić information content (AvgIpc) is 2.90. The summed E-state index contributed by atoms with van der Waals surface area (Å²) in [5.41, 5.74) is -0.0279. The Labute approximate surface area is 152 Å². The summed E-state index contributed by atoms with van der Waals surface area (Å²) in [5.74, 6) is 1.73. The van der Waals surface area contributed by atoms with Gasteiger partial charge in [-0.25, -0.2) is 0 Å². The molecule has 2 aliphatic rings. The van der Waals surface area contributed by atoms with Gasteiger partial charge in [-0.3, -0.25) is 4.99 Å². The monoisotopic (exact) mass is 424 g/mol. The van der Waals surface area contributed by atoms with Crippen LogP contribution < -0.4 is 10.6 Å². The van der Waals surface area contributed by atoms with Gasteiger partial charge in [-0.05, 0) is 45.1 Å². The Hall–Kier alpha value is -0.0800. The third-order valence-electron chi connectivity index (χ3n) is 4.62. The first-order chi connectivity index (χ1) is 10.1. The lowest BCUT2D eigenvalue weighted by Gasteiger charge is -2.31. The van der Waals surface area contributed by atoms with Crippen molar-refractivity contribution in [3.8, 4) is 0 Å². The molecule has 0 aromatic heterocycles. The number of nitrogens with one attached hydrogen (secondary N) is 2. The second-order valence-electron chi connectivity index (χ2n) is 6.80. The third-order valence-corrected chi connectivity index (χ3v) is 4.62. The van der Waals surface area contributed by atoms with Crippen LogP contribution in [0.15, 0.2) is 4.99 Å². The molecule has 0 aliphatic carbocycles. The van der Waals surface area contributed by atoms with Gasteiger partial charge in [0.2, 0.25) is 0 Å². The normalized spacial score (nSPS) is 30.0. The number of ether oxygens (including phenoxy) is 1. The number of piperidine rings is 1. The van der Waals surface area contributed by atoms with Crippen LogP contribution in [0.1, 0.15) is 39.5 Å². The van der Waals surface area contributed by atoms with E-state index in [0.717, 1.165) is 51.0 Å². The molecule has 0 saturated carbocycles. The Kier molecular flexibility index (Phi) is 9.01. The Morgan fingerprint density at radius 2 is 2.18 bits per heavy atom. The summed E-state index contributed by atoms with van der Waals surface area (Å²) >= 11 is 0. The highest BCUT2D eigenvalue weighted by Crippen LogP contribution is 2.23. The first-order valence-corrected chi connectivity index (χ1v) is 8.42. The molecule has 0 aromatic carbocycles. The highest BCUT2D eigenvalue weighted by atomic mass is 127. The van der Waals surface area contributed by atoms with Crippen molar-refractivity contribution in [2.45, 2.75) is 45.1 Å². The second kappa shape index (κ2) is 9.93. The van der Waals surface area contributed by atoms with Crippen molar-refractivity contribution in [3.63, 3.8) is 0 Å². The Bertz CT molecular complexity index is 345. The molecule has 2 unspecified atom stereocenters. The number of rotatable bonds is 5. The van der Waals surface area contributed by atoms with E-state index in [2.05, 4.69) is 34.4 Å². The molecule has 0 spiro atoms. The molecule has 2 aliphatic heterocycles. The molecule has 2 N–H and O–H groups in total. The molecule has 0 amide bonds. The second-order valence-corrected chi connectivity index (χ2v) is 6.80. The van der Waals surface area contributed by atoms with Crippen LogP contribution in [-0.4, -0.2) is 62.8 Å². The molecule has 22 heavy (non-hydrogen) atoms. The first-order valence-electron chi connectivity index (χ1n) is 8.42. The van der Waals surface area contributed by atoms with Crippen molar-refractivity contribution >= 4 is 29.9 Å². The minimum absolute atomic E-state index is 0. The van der Waals surface area contributed by atoms with E-state index < -0.39 is 0 Å². The van der Waals surface area contributed by atoms with Crippen molar-refractivity contribution in [1.29, 1.82) is 0 Å². The van der Waals surface area contributed by atoms with E-state index in [-0.39, 0.29) is 29.6 Å². The molecule has 2 saturated heterocycles. The van der Waals surface area contributed by atoms with E-state index in [9.17, 15) is 0 Å². The van der Waals surface area contributed by atoms with Crippen LogP contribution >= 0.6 is 24.0 Å². The number of hydrogen-bond donors (Lipinski definition) is 2. The fourth-order valence-corrected chi connectivity index (χ4v) is 3.29. The van der Waals surface area contributed by atoms with Crippen LogP contribution in [0.4, 0.5) is 0 Å². The van der Waals surface area contributed by atoms with Crippen molar-refractivity contribution in [2.75, 3.05) is 46.4 Å². The van der Waals surface area contributed by atoms with Crippen LogP contribution in [0.3, 0.4) is 0 Å². The smallest absolute Gasteiger partial charge is 0.191 e. The standard InChI is InChI=1S/C16H32N4O.HI/c1-14-6-4-9-20(12-14)10-8-18-15(17-3)19-13-16(2)7-5-11-21-16;/h14H,4-13H2,1-3H3,(H2,17,18,19);1H. The summed E-state index contributed by atoms with van der Waals surface area (Å²) in [6.45, 7) is 10.8. The maximum absolute atomic E-state index is 5.79. The van der Waals surface area contributed by atoms with Crippen molar-refractivity contribution < 1.29 is 4.74 Å². The molecule has 0 bridgehead atoms. The van der Waals surface area contributed by atoms with E-state index in [0.29, 0.717) is 0 Å². The zero-order valence-corrected chi connectivity index (χ0v) is 16.7. The average molecular weight is 424 g/mol. The van der Waals surface area contributed by atoms with E-state index in [4.69, 9.17) is 4.74 Å². The minimum Gasteiger partial charge on any atom is -0.373 e. The molecule has 130 valence electrons. The Morgan fingerprint density at radius 3 is 2.82 bits per heavy atom. The van der Waals surface area contributed by atoms with Crippen LogP contribution in [-0.2, 0) is 4.74 Å². The Balaban J connectivity index is 0.00000242. The molecule has 2 heterocycles. The lowest BCUT2D eigenvalue weighted by atomic mass is 10.0. The van der Waals surface area contributed by atoms with Crippen LogP contribution in [0.5, 0.6) is 0 Å². The van der Waals surface area contributed by atoms with E-state index in [1.165, 1.54) is 25.9 Å². The van der Waals surface area contributed by atoms with E-state index >= 15 is 0 Å². The summed E-state index contributed by atoms with van der Waals surface area (Å²) in [4.78, 5) is 6.85. The van der Waals surface area contributed by atoms with E-state index in [1.807, 2.05) is 7.05 Å². The number of aliphatic imine (C=N–C) groups is 1. The SMILES string of the molecule is CN=C(NCCN1CCCC(C)C1)NCC1(C)CCCO1.I. The number of guanidine groups is 1. The van der Waals surface area contributed by atoms with Crippen molar-refractivity contribution in [2.24, 2.45) is 10.9 Å². The molecular weight excluding hydrogens is 391 g/mol. The number of nitrogens with zero attached hydrogens (tertiary/aromatic N) is 2. The van der Waals surface area contributed by atoms with E-state index in [1.54, 1.807) is 0 Å². The predicted octanol–water partition coefficient (Wildman–Crippen LogP) is 2.07. The summed E-state index contributed by atoms with van der Waals surface area (Å²) in [7, 11) is 1.83. The molecule has 0 aromatic rings. The number of likely N-dealkylation sites (tertiary alicyclic amines) is 1. The fraction of sp³-hybridized carbons (Fsp3) is 0.938. The number of hydrogen-bond acceptors (Lipinski definition) is 3. The molecule has 0 radical (unpaired) electrons. The fourth-order valence-electron chi connectivity index (χ4n) is 3.29. The third kappa shape index (κ3) is 6.58. The van der Waals surface area contributed by atoms with Gasteiger partial charge in [0.05, 0.1) is 5.60 Å². The van der Waals surface area contributed by atoms with Crippen molar-refractivity contribution in [1.82, 2.24) is 15.5 Å². The largest absolute Gasteiger partial charge is 0.373 e. The summed E-state index contributed by atoms with van der Waals surface area (Å²) in [5, 5.41) is 6.81. The summed E-state index contributed by atoms with van der Waals surface area (Å²) in [6, 6.07) is 0. The van der Waals surface area contributed by atoms with Crippen LogP contribution in [0.25, 0.3) is 0 Å². The van der Waals surface area contributed by atoms with Crippen molar-refractivity contribution in [3.05, 3.63) is 0 Å². The Morgan fingerprint density at radius 1 is 1.36 bits per heavy atom. The zero-order valence-electron chi connectivity index (χ0n) is 14.4. The van der Waals surface area contributed by atoms with Crippen LogP contribution in [0, 0.1) is 5.92 Å². The molecule has 2 atom stereocenters. The van der Waals surface area contributed by atoms with Gasteiger partial charge >= 0.3 is 0 Å². The van der Waals surface area contributed by atoms with Crippen LogP contribution in [0.2, 0.25) is 0 Å². The topological polar surface area (TPSA) is 48.9 Å². The minimum atomic E-state index is -0.0279. The first kappa shape index (κ1) is 20.0. The van der Waals surface area contributed by atoms with Gasteiger partial charge in [0, 0.05) is 39.8 Å². The highest BCUT2D eigenvalue weighted by molar-refractivity contribution is 14.0. The quantitative estimate of drug-likeness (QED) is 0.403. The van der Waals surface area contributed by atoms with Gasteiger partial charge in [0.25, 0.3) is 0 Å². The molecule has 5 nitrogen and oxygen atoms in total. The van der Waals surface area contributed by atoms with Gasteiger partial charge in [-0.15, -0.1) is 24.0 Å². The maximum Gasteiger partial charge on any atom is 0.191 e. The lowest BCUT2D eigenvalue weighted by molar-refractivity contribution is 0.0242. The van der Waals surface area contributed by atoms with Gasteiger partial charge in [-0.2, -0.15) is 0 Å². The van der Waals surface area contributed by atoms with Gasteiger partial charge in [-0.1, -0.05) is 6.92 Å². The zero-order chi connectivity index (χ0) is 15.1. The summed E-state index contributed by atoms with van der Waals surface area (Å²) in [6.07, 6.45) is 5.01. The highest BCUT2D eigenvalue weighted by Gasteiger charge is 2.29. The maximum atomic E-state index is 5.79. The molecule has 2 fully saturated rings. The van der Waals surface area contributed by atoms with Gasteiger partial charge in [0.15, 0.2) is 5.96 Å². The summed E-state index contributed by atoms with van der Waals surface area (Å²) < 4.78 is 5.79. The predicted molar refractivity (Wildman–Crippen MR) is 103 cm³/mol. The molecule has 6 heteroatoms. The number of halogens is 1. The molecule has 2 rings (SSSR count).